The van der Waals surface area contributed by atoms with E-state index in [0.717, 1.165) is 54.0 Å². The summed E-state index contributed by atoms with van der Waals surface area (Å²) in [6, 6.07) is 4.24. The number of allylic oxidation sites excluding steroid dienone is 1. The number of carbonyl (C=O) groups excluding carboxylic acids is 1. The first-order valence-electron chi connectivity index (χ1n) is 9.45. The number of ether oxygens (including phenoxy) is 2. The summed E-state index contributed by atoms with van der Waals surface area (Å²) in [4.78, 5) is 26.7. The molecule has 0 spiro atoms. The SMILES string of the molecule is Cc1nc2c3c(ccc(N4CCOCC4)c3n1)C(N1CCOCC1)=CC2=O. The van der Waals surface area contributed by atoms with E-state index < -0.39 is 0 Å². The second-order valence-electron chi connectivity index (χ2n) is 7.07. The second kappa shape index (κ2) is 6.58. The minimum absolute atomic E-state index is 0.0429. The minimum atomic E-state index is -0.0429. The van der Waals surface area contributed by atoms with Crippen molar-refractivity contribution in [2.24, 2.45) is 0 Å². The van der Waals surface area contributed by atoms with Gasteiger partial charge in [-0.1, -0.05) is 0 Å². The number of aromatic nitrogens is 2. The van der Waals surface area contributed by atoms with Crippen LogP contribution >= 0.6 is 0 Å². The fourth-order valence-corrected chi connectivity index (χ4v) is 4.12. The van der Waals surface area contributed by atoms with Crippen molar-refractivity contribution in [3.8, 4) is 0 Å². The molecule has 27 heavy (non-hydrogen) atoms. The molecule has 1 aromatic carbocycles. The Morgan fingerprint density at radius 3 is 2.30 bits per heavy atom. The number of aryl methyl sites for hydroxylation is 1. The van der Waals surface area contributed by atoms with Crippen LogP contribution in [0.25, 0.3) is 16.6 Å². The molecule has 0 unspecified atom stereocenters. The normalized spacial score (nSPS) is 20.2. The van der Waals surface area contributed by atoms with Gasteiger partial charge in [0.15, 0.2) is 0 Å². The van der Waals surface area contributed by atoms with Gasteiger partial charge in [-0.2, -0.15) is 0 Å². The van der Waals surface area contributed by atoms with E-state index in [2.05, 4.69) is 26.9 Å². The summed E-state index contributed by atoms with van der Waals surface area (Å²) in [6.45, 7) is 7.84. The quantitative estimate of drug-likeness (QED) is 0.800. The first-order chi connectivity index (χ1) is 13.2. The molecule has 0 atom stereocenters. The molecule has 0 amide bonds. The van der Waals surface area contributed by atoms with Crippen LogP contribution in [0.2, 0.25) is 0 Å². The van der Waals surface area contributed by atoms with Crippen LogP contribution in [0.3, 0.4) is 0 Å². The van der Waals surface area contributed by atoms with Gasteiger partial charge in [0, 0.05) is 48.9 Å². The molecular weight excluding hydrogens is 344 g/mol. The van der Waals surface area contributed by atoms with E-state index in [1.807, 2.05) is 6.92 Å². The Hall–Kier alpha value is -2.51. The van der Waals surface area contributed by atoms with Crippen molar-refractivity contribution in [2.75, 3.05) is 57.5 Å². The molecule has 0 radical (unpaired) electrons. The summed E-state index contributed by atoms with van der Waals surface area (Å²) in [5.41, 5.74) is 4.43. The van der Waals surface area contributed by atoms with Crippen molar-refractivity contribution in [2.45, 2.75) is 6.92 Å². The van der Waals surface area contributed by atoms with Crippen molar-refractivity contribution in [1.29, 1.82) is 0 Å². The van der Waals surface area contributed by atoms with E-state index in [0.29, 0.717) is 37.9 Å². The number of rotatable bonds is 2. The predicted octanol–water partition coefficient (Wildman–Crippen LogP) is 1.64. The first-order valence-corrected chi connectivity index (χ1v) is 9.45. The van der Waals surface area contributed by atoms with E-state index in [9.17, 15) is 4.79 Å². The Bertz CT molecular complexity index is 944. The van der Waals surface area contributed by atoms with Crippen LogP contribution in [-0.2, 0) is 9.47 Å². The summed E-state index contributed by atoms with van der Waals surface area (Å²) >= 11 is 0. The first kappa shape index (κ1) is 16.6. The highest BCUT2D eigenvalue weighted by atomic mass is 16.5. The number of morpholine rings is 2. The maximum absolute atomic E-state index is 12.9. The standard InChI is InChI=1S/C20H22N4O3/c1-13-21-19-15(23-4-8-26-9-5-23)3-2-14-16(24-6-10-27-11-7-24)12-17(25)20(22-13)18(14)19/h2-3,12H,4-11H2,1H3. The van der Waals surface area contributed by atoms with Gasteiger partial charge in [0.25, 0.3) is 0 Å². The van der Waals surface area contributed by atoms with Gasteiger partial charge >= 0.3 is 0 Å². The van der Waals surface area contributed by atoms with Gasteiger partial charge in [-0.25, -0.2) is 9.97 Å². The molecule has 3 heterocycles. The van der Waals surface area contributed by atoms with Crippen LogP contribution in [0.4, 0.5) is 5.69 Å². The highest BCUT2D eigenvalue weighted by Crippen LogP contribution is 2.38. The lowest BCUT2D eigenvalue weighted by Crippen LogP contribution is -2.37. The van der Waals surface area contributed by atoms with Crippen molar-refractivity contribution >= 4 is 28.1 Å². The van der Waals surface area contributed by atoms with Crippen molar-refractivity contribution in [3.63, 3.8) is 0 Å². The maximum atomic E-state index is 12.9. The molecule has 3 aliphatic rings. The average Bonchev–Trinajstić information content (AvgIpc) is 2.71. The molecule has 2 fully saturated rings. The zero-order valence-corrected chi connectivity index (χ0v) is 15.4. The third-order valence-electron chi connectivity index (χ3n) is 5.42. The van der Waals surface area contributed by atoms with Gasteiger partial charge in [0.1, 0.15) is 11.5 Å². The van der Waals surface area contributed by atoms with Gasteiger partial charge in [-0.3, -0.25) is 4.79 Å². The number of nitrogens with zero attached hydrogens (tertiary/aromatic N) is 4. The molecule has 0 saturated carbocycles. The third kappa shape index (κ3) is 2.78. The lowest BCUT2D eigenvalue weighted by Gasteiger charge is -2.34. The molecule has 140 valence electrons. The van der Waals surface area contributed by atoms with Crippen LogP contribution in [0.5, 0.6) is 0 Å². The zero-order valence-electron chi connectivity index (χ0n) is 15.4. The summed E-state index contributed by atoms with van der Waals surface area (Å²) in [5, 5.41) is 0.874. The van der Waals surface area contributed by atoms with Gasteiger partial charge < -0.3 is 19.3 Å². The van der Waals surface area contributed by atoms with Gasteiger partial charge in [0.05, 0.1) is 37.6 Å². The van der Waals surface area contributed by atoms with E-state index in [-0.39, 0.29) is 5.78 Å². The number of hydrogen-bond donors (Lipinski definition) is 0. The highest BCUT2D eigenvalue weighted by Gasteiger charge is 2.29. The summed E-state index contributed by atoms with van der Waals surface area (Å²) < 4.78 is 11.0. The molecule has 1 aliphatic carbocycles. The van der Waals surface area contributed by atoms with Crippen LogP contribution in [0.1, 0.15) is 21.9 Å². The number of carbonyl (C=O) groups is 1. The fraction of sp³-hybridized carbons (Fsp3) is 0.450. The summed E-state index contributed by atoms with van der Waals surface area (Å²) in [6.07, 6.45) is 1.73. The van der Waals surface area contributed by atoms with Crippen molar-refractivity contribution < 1.29 is 14.3 Å². The average molecular weight is 366 g/mol. The molecule has 0 bridgehead atoms. The Balaban J connectivity index is 1.70. The van der Waals surface area contributed by atoms with Crippen LogP contribution < -0.4 is 4.90 Å². The molecule has 7 heteroatoms. The molecule has 7 nitrogen and oxygen atoms in total. The van der Waals surface area contributed by atoms with Crippen LogP contribution in [0, 0.1) is 6.92 Å². The Labute approximate surface area is 157 Å². The summed E-state index contributed by atoms with van der Waals surface area (Å²) in [5.74, 6) is 0.583. The topological polar surface area (TPSA) is 67.8 Å². The van der Waals surface area contributed by atoms with Crippen LogP contribution in [-0.4, -0.2) is 73.3 Å². The van der Waals surface area contributed by atoms with Gasteiger partial charge in [-0.05, 0) is 19.1 Å². The molecule has 2 saturated heterocycles. The lowest BCUT2D eigenvalue weighted by molar-refractivity contribution is 0.0637. The molecular formula is C20H22N4O3. The number of anilines is 1. The van der Waals surface area contributed by atoms with Gasteiger partial charge in [-0.15, -0.1) is 0 Å². The minimum Gasteiger partial charge on any atom is -0.378 e. The zero-order chi connectivity index (χ0) is 18.4. The molecule has 0 N–H and O–H groups in total. The maximum Gasteiger partial charge on any atom is 0.207 e. The van der Waals surface area contributed by atoms with E-state index >= 15 is 0 Å². The second-order valence-corrected chi connectivity index (χ2v) is 7.07. The highest BCUT2D eigenvalue weighted by molar-refractivity contribution is 6.21. The van der Waals surface area contributed by atoms with Crippen molar-refractivity contribution in [1.82, 2.24) is 14.9 Å². The number of benzene rings is 1. The van der Waals surface area contributed by atoms with Gasteiger partial charge in [0.2, 0.25) is 5.78 Å². The molecule has 2 aromatic rings. The third-order valence-corrected chi connectivity index (χ3v) is 5.42. The Kier molecular flexibility index (Phi) is 4.06. The Morgan fingerprint density at radius 1 is 0.926 bits per heavy atom. The number of hydrogen-bond acceptors (Lipinski definition) is 7. The van der Waals surface area contributed by atoms with E-state index in [4.69, 9.17) is 14.5 Å². The Morgan fingerprint density at radius 2 is 1.59 bits per heavy atom. The van der Waals surface area contributed by atoms with Crippen LogP contribution in [0.15, 0.2) is 18.2 Å². The molecule has 2 aliphatic heterocycles. The molecule has 5 rings (SSSR count). The summed E-state index contributed by atoms with van der Waals surface area (Å²) in [7, 11) is 0. The fourth-order valence-electron chi connectivity index (χ4n) is 4.12. The van der Waals surface area contributed by atoms with E-state index in [1.165, 1.54) is 0 Å². The largest absolute Gasteiger partial charge is 0.378 e. The van der Waals surface area contributed by atoms with Crippen molar-refractivity contribution in [3.05, 3.63) is 35.3 Å². The monoisotopic (exact) mass is 366 g/mol. The molecule has 1 aromatic heterocycles. The number of ketones is 1. The predicted molar refractivity (Wildman–Crippen MR) is 102 cm³/mol. The lowest BCUT2D eigenvalue weighted by atomic mass is 9.93. The van der Waals surface area contributed by atoms with E-state index in [1.54, 1.807) is 6.08 Å². The smallest absolute Gasteiger partial charge is 0.207 e.